The van der Waals surface area contributed by atoms with Crippen LogP contribution in [-0.2, 0) is 0 Å². The Morgan fingerprint density at radius 2 is 2.06 bits per heavy atom. The molecule has 0 spiro atoms. The molecule has 0 fully saturated rings. The molecule has 2 rings (SSSR count). The zero-order valence-electron chi connectivity index (χ0n) is 8.83. The van der Waals surface area contributed by atoms with Crippen molar-refractivity contribution >= 4 is 6.29 Å². The normalized spacial score (nSPS) is 9.35. The number of pyridine rings is 1. The first kappa shape index (κ1) is 10.8. The summed E-state index contributed by atoms with van der Waals surface area (Å²) in [5, 5.41) is 8.62. The molecule has 0 unspecified atom stereocenters. The van der Waals surface area contributed by atoms with Gasteiger partial charge in [0.15, 0.2) is 6.29 Å². The van der Waals surface area contributed by atoms with Gasteiger partial charge in [-0.15, -0.1) is 0 Å². The fourth-order valence-electron chi connectivity index (χ4n) is 1.29. The van der Waals surface area contributed by atoms with Crippen molar-refractivity contribution < 1.29 is 9.53 Å². The Morgan fingerprint density at radius 1 is 1.24 bits per heavy atom. The van der Waals surface area contributed by atoms with Gasteiger partial charge in [-0.25, -0.2) is 4.98 Å². The highest BCUT2D eigenvalue weighted by atomic mass is 16.5. The number of rotatable bonds is 3. The number of nitrogens with zero attached hydrogens (tertiary/aromatic N) is 2. The zero-order valence-corrected chi connectivity index (χ0v) is 8.83. The SMILES string of the molecule is N#Cc1ccc(Oc2ccccc2C=O)nc1. The van der Waals surface area contributed by atoms with E-state index in [1.807, 2.05) is 6.07 Å². The molecular formula is C13H8N2O2. The van der Waals surface area contributed by atoms with Gasteiger partial charge >= 0.3 is 0 Å². The van der Waals surface area contributed by atoms with Gasteiger partial charge in [0.25, 0.3) is 0 Å². The van der Waals surface area contributed by atoms with Gasteiger partial charge in [-0.2, -0.15) is 5.26 Å². The number of hydrogen-bond acceptors (Lipinski definition) is 4. The van der Waals surface area contributed by atoms with Gasteiger partial charge in [-0.05, 0) is 18.2 Å². The molecule has 1 heterocycles. The molecule has 1 aromatic heterocycles. The average Bonchev–Trinajstić information content (AvgIpc) is 2.40. The Bertz CT molecular complexity index is 571. The van der Waals surface area contributed by atoms with E-state index in [1.165, 1.54) is 6.20 Å². The number of para-hydroxylation sites is 1. The standard InChI is InChI=1S/C13H8N2O2/c14-7-10-5-6-13(15-8-10)17-12-4-2-1-3-11(12)9-16/h1-6,8-9H. The predicted octanol–water partition coefficient (Wildman–Crippen LogP) is 2.56. The first-order chi connectivity index (χ1) is 8.33. The van der Waals surface area contributed by atoms with Crippen LogP contribution in [0.5, 0.6) is 11.6 Å². The van der Waals surface area contributed by atoms with E-state index >= 15 is 0 Å². The van der Waals surface area contributed by atoms with Crippen LogP contribution in [0.25, 0.3) is 0 Å². The second-order valence-electron chi connectivity index (χ2n) is 3.25. The smallest absolute Gasteiger partial charge is 0.219 e. The van der Waals surface area contributed by atoms with Crippen molar-refractivity contribution in [3.8, 4) is 17.7 Å². The van der Waals surface area contributed by atoms with Crippen LogP contribution in [0.1, 0.15) is 15.9 Å². The highest BCUT2D eigenvalue weighted by Gasteiger charge is 2.03. The summed E-state index contributed by atoms with van der Waals surface area (Å²) >= 11 is 0. The number of aromatic nitrogens is 1. The van der Waals surface area contributed by atoms with E-state index in [-0.39, 0.29) is 0 Å². The van der Waals surface area contributed by atoms with Crippen molar-refractivity contribution in [1.29, 1.82) is 5.26 Å². The number of benzene rings is 1. The summed E-state index contributed by atoms with van der Waals surface area (Å²) in [6, 6.07) is 12.0. The van der Waals surface area contributed by atoms with E-state index in [0.717, 1.165) is 6.29 Å². The second-order valence-corrected chi connectivity index (χ2v) is 3.25. The van der Waals surface area contributed by atoms with E-state index in [4.69, 9.17) is 10.00 Å². The fraction of sp³-hybridized carbons (Fsp3) is 0. The lowest BCUT2D eigenvalue weighted by Crippen LogP contribution is -1.92. The Balaban J connectivity index is 2.25. The molecule has 4 nitrogen and oxygen atoms in total. The van der Waals surface area contributed by atoms with Crippen LogP contribution < -0.4 is 4.74 Å². The molecule has 1 aromatic carbocycles. The molecule has 0 aliphatic rings. The lowest BCUT2D eigenvalue weighted by molar-refractivity contribution is 0.112. The van der Waals surface area contributed by atoms with Gasteiger partial charge in [0, 0.05) is 12.3 Å². The molecular weight excluding hydrogens is 216 g/mol. The molecule has 17 heavy (non-hydrogen) atoms. The molecule has 0 saturated heterocycles. The maximum absolute atomic E-state index is 10.8. The van der Waals surface area contributed by atoms with Crippen molar-refractivity contribution in [1.82, 2.24) is 4.98 Å². The minimum absolute atomic E-state index is 0.346. The summed E-state index contributed by atoms with van der Waals surface area (Å²) in [5.41, 5.74) is 0.916. The van der Waals surface area contributed by atoms with Crippen LogP contribution in [0.2, 0.25) is 0 Å². The fourth-order valence-corrected chi connectivity index (χ4v) is 1.29. The molecule has 0 aliphatic heterocycles. The maximum atomic E-state index is 10.8. The van der Waals surface area contributed by atoms with Gasteiger partial charge in [0.1, 0.15) is 11.8 Å². The Hall–Kier alpha value is -2.67. The summed E-state index contributed by atoms with van der Waals surface area (Å²) in [5.74, 6) is 0.790. The van der Waals surface area contributed by atoms with Crippen LogP contribution in [0, 0.1) is 11.3 Å². The number of hydrogen-bond donors (Lipinski definition) is 0. The predicted molar refractivity (Wildman–Crippen MR) is 60.9 cm³/mol. The van der Waals surface area contributed by atoms with Gasteiger partial charge in [-0.1, -0.05) is 12.1 Å². The maximum Gasteiger partial charge on any atom is 0.219 e. The van der Waals surface area contributed by atoms with Crippen molar-refractivity contribution in [2.24, 2.45) is 0 Å². The lowest BCUT2D eigenvalue weighted by atomic mass is 10.2. The molecule has 82 valence electrons. The topological polar surface area (TPSA) is 63.0 Å². The quantitative estimate of drug-likeness (QED) is 0.751. The zero-order chi connectivity index (χ0) is 12.1. The first-order valence-electron chi connectivity index (χ1n) is 4.91. The number of aldehydes is 1. The Kier molecular flexibility index (Phi) is 3.13. The van der Waals surface area contributed by atoms with Crippen molar-refractivity contribution in [3.63, 3.8) is 0 Å². The van der Waals surface area contributed by atoms with Crippen molar-refractivity contribution in [2.75, 3.05) is 0 Å². The summed E-state index contributed by atoms with van der Waals surface area (Å²) in [7, 11) is 0. The van der Waals surface area contributed by atoms with E-state index in [1.54, 1.807) is 36.4 Å². The third kappa shape index (κ3) is 2.47. The minimum Gasteiger partial charge on any atom is -0.438 e. The summed E-state index contributed by atoms with van der Waals surface area (Å²) < 4.78 is 5.45. The van der Waals surface area contributed by atoms with E-state index in [9.17, 15) is 4.79 Å². The molecule has 0 radical (unpaired) electrons. The lowest BCUT2D eigenvalue weighted by Gasteiger charge is -2.06. The van der Waals surface area contributed by atoms with E-state index in [0.29, 0.717) is 22.8 Å². The minimum atomic E-state index is 0.346. The number of carbonyl (C=O) groups excluding carboxylic acids is 1. The Labute approximate surface area is 98.1 Å². The van der Waals surface area contributed by atoms with Crippen LogP contribution in [0.3, 0.4) is 0 Å². The van der Waals surface area contributed by atoms with Crippen molar-refractivity contribution in [2.45, 2.75) is 0 Å². The van der Waals surface area contributed by atoms with Gasteiger partial charge in [0.2, 0.25) is 5.88 Å². The highest BCUT2D eigenvalue weighted by molar-refractivity contribution is 5.79. The molecule has 0 bridgehead atoms. The number of ether oxygens (including phenoxy) is 1. The molecule has 0 saturated carbocycles. The third-order valence-corrected chi connectivity index (χ3v) is 2.13. The largest absolute Gasteiger partial charge is 0.438 e. The van der Waals surface area contributed by atoms with Gasteiger partial charge in [-0.3, -0.25) is 4.79 Å². The van der Waals surface area contributed by atoms with Crippen LogP contribution >= 0.6 is 0 Å². The number of carbonyl (C=O) groups is 1. The van der Waals surface area contributed by atoms with Gasteiger partial charge in [0.05, 0.1) is 11.1 Å². The summed E-state index contributed by atoms with van der Waals surface area (Å²) in [6.07, 6.45) is 2.14. The van der Waals surface area contributed by atoms with Crippen LogP contribution in [-0.4, -0.2) is 11.3 Å². The van der Waals surface area contributed by atoms with Crippen LogP contribution in [0.15, 0.2) is 42.6 Å². The van der Waals surface area contributed by atoms with Gasteiger partial charge < -0.3 is 4.74 Å². The first-order valence-corrected chi connectivity index (χ1v) is 4.91. The Morgan fingerprint density at radius 3 is 2.71 bits per heavy atom. The molecule has 0 atom stereocenters. The molecule has 0 amide bonds. The number of nitriles is 1. The average molecular weight is 224 g/mol. The highest BCUT2D eigenvalue weighted by Crippen LogP contribution is 2.22. The molecule has 0 N–H and O–H groups in total. The molecule has 4 heteroatoms. The molecule has 2 aromatic rings. The van der Waals surface area contributed by atoms with E-state index < -0.39 is 0 Å². The van der Waals surface area contributed by atoms with Crippen LogP contribution in [0.4, 0.5) is 0 Å². The monoisotopic (exact) mass is 224 g/mol. The molecule has 0 aliphatic carbocycles. The summed E-state index contributed by atoms with van der Waals surface area (Å²) in [6.45, 7) is 0. The summed E-state index contributed by atoms with van der Waals surface area (Å²) in [4.78, 5) is 14.7. The third-order valence-electron chi connectivity index (χ3n) is 2.13. The second kappa shape index (κ2) is 4.90. The van der Waals surface area contributed by atoms with Crippen molar-refractivity contribution in [3.05, 3.63) is 53.7 Å². The van der Waals surface area contributed by atoms with E-state index in [2.05, 4.69) is 4.98 Å².